The van der Waals surface area contributed by atoms with Crippen LogP contribution in [0.3, 0.4) is 0 Å². The van der Waals surface area contributed by atoms with Gasteiger partial charge in [-0.25, -0.2) is 4.98 Å². The number of imidazole rings is 1. The summed E-state index contributed by atoms with van der Waals surface area (Å²) in [4.78, 5) is 4.44. The highest BCUT2D eigenvalue weighted by atomic mass is 16.5. The fourth-order valence-electron chi connectivity index (χ4n) is 2.51. The van der Waals surface area contributed by atoms with Gasteiger partial charge in [0.25, 0.3) is 0 Å². The molecule has 114 valence electrons. The van der Waals surface area contributed by atoms with E-state index in [1.165, 1.54) is 12.8 Å². The molecule has 0 atom stereocenters. The Morgan fingerprint density at radius 1 is 1.38 bits per heavy atom. The first-order chi connectivity index (χ1) is 10.3. The standard InChI is InChI=1S/C16H23N3O2/c1-2-21-14-6-3-5-13-15(14)18-16(17)19(13)9-4-10-20-11-12-7-8-12/h3,5-6,12H,2,4,7-11H2,1H3,(H2,17,18). The molecule has 0 radical (unpaired) electrons. The van der Waals surface area contributed by atoms with Crippen LogP contribution in [0.1, 0.15) is 26.2 Å². The summed E-state index contributed by atoms with van der Waals surface area (Å²) in [6, 6.07) is 5.95. The minimum Gasteiger partial charge on any atom is -0.492 e. The van der Waals surface area contributed by atoms with E-state index in [1.807, 2.05) is 29.7 Å². The van der Waals surface area contributed by atoms with Crippen LogP contribution in [0.5, 0.6) is 5.75 Å². The molecule has 0 bridgehead atoms. The van der Waals surface area contributed by atoms with E-state index in [0.29, 0.717) is 12.6 Å². The predicted octanol–water partition coefficient (Wildman–Crippen LogP) is 2.83. The fraction of sp³-hybridized carbons (Fsp3) is 0.562. The van der Waals surface area contributed by atoms with Crippen LogP contribution in [0.4, 0.5) is 5.95 Å². The molecule has 1 aliphatic rings. The first kappa shape index (κ1) is 14.2. The number of aryl methyl sites for hydroxylation is 1. The third kappa shape index (κ3) is 3.29. The maximum atomic E-state index is 6.05. The Labute approximate surface area is 125 Å². The molecule has 5 heteroatoms. The third-order valence-corrected chi connectivity index (χ3v) is 3.79. The second-order valence-electron chi connectivity index (χ2n) is 5.55. The molecule has 1 saturated carbocycles. The molecule has 0 amide bonds. The van der Waals surface area contributed by atoms with Gasteiger partial charge >= 0.3 is 0 Å². The summed E-state index contributed by atoms with van der Waals surface area (Å²) in [5, 5.41) is 0. The van der Waals surface area contributed by atoms with Crippen LogP contribution in [-0.2, 0) is 11.3 Å². The van der Waals surface area contributed by atoms with E-state index in [0.717, 1.165) is 48.9 Å². The number of benzene rings is 1. The van der Waals surface area contributed by atoms with E-state index in [4.69, 9.17) is 15.2 Å². The van der Waals surface area contributed by atoms with Gasteiger partial charge in [-0.1, -0.05) is 6.07 Å². The van der Waals surface area contributed by atoms with Gasteiger partial charge in [0.05, 0.1) is 12.1 Å². The van der Waals surface area contributed by atoms with Crippen molar-refractivity contribution >= 4 is 17.0 Å². The number of hydrogen-bond acceptors (Lipinski definition) is 4. The Morgan fingerprint density at radius 2 is 2.24 bits per heavy atom. The SMILES string of the molecule is CCOc1cccc2c1nc(N)n2CCCOCC1CC1. The van der Waals surface area contributed by atoms with E-state index < -0.39 is 0 Å². The lowest BCUT2D eigenvalue weighted by Crippen LogP contribution is -2.07. The highest BCUT2D eigenvalue weighted by Crippen LogP contribution is 2.29. The topological polar surface area (TPSA) is 62.3 Å². The van der Waals surface area contributed by atoms with Gasteiger partial charge in [0.15, 0.2) is 0 Å². The number of nitrogen functional groups attached to an aromatic ring is 1. The summed E-state index contributed by atoms with van der Waals surface area (Å²) < 4.78 is 13.3. The number of aromatic nitrogens is 2. The first-order valence-corrected chi connectivity index (χ1v) is 7.75. The number of nitrogens with two attached hydrogens (primary N) is 1. The summed E-state index contributed by atoms with van der Waals surface area (Å²) in [5.41, 5.74) is 7.92. The van der Waals surface area contributed by atoms with Crippen molar-refractivity contribution in [1.29, 1.82) is 0 Å². The van der Waals surface area contributed by atoms with Crippen molar-refractivity contribution in [2.75, 3.05) is 25.6 Å². The fourth-order valence-corrected chi connectivity index (χ4v) is 2.51. The number of nitrogens with zero attached hydrogens (tertiary/aromatic N) is 2. The summed E-state index contributed by atoms with van der Waals surface area (Å²) in [5.74, 6) is 2.16. The molecule has 0 saturated heterocycles. The molecular formula is C16H23N3O2. The second-order valence-corrected chi connectivity index (χ2v) is 5.55. The van der Waals surface area contributed by atoms with Gasteiger partial charge in [-0.15, -0.1) is 0 Å². The van der Waals surface area contributed by atoms with Crippen molar-refractivity contribution in [1.82, 2.24) is 9.55 Å². The van der Waals surface area contributed by atoms with Crippen LogP contribution in [-0.4, -0.2) is 29.4 Å². The summed E-state index contributed by atoms with van der Waals surface area (Å²) in [7, 11) is 0. The van der Waals surface area contributed by atoms with Crippen LogP contribution in [0.2, 0.25) is 0 Å². The average molecular weight is 289 g/mol. The normalized spacial score (nSPS) is 14.7. The van der Waals surface area contributed by atoms with Crippen molar-refractivity contribution in [3.63, 3.8) is 0 Å². The molecule has 5 nitrogen and oxygen atoms in total. The van der Waals surface area contributed by atoms with Gasteiger partial charge in [0.1, 0.15) is 11.3 Å². The molecule has 2 aromatic rings. The molecule has 3 rings (SSSR count). The zero-order chi connectivity index (χ0) is 14.7. The highest BCUT2D eigenvalue weighted by Gasteiger charge is 2.20. The number of para-hydroxylation sites is 1. The molecular weight excluding hydrogens is 266 g/mol. The third-order valence-electron chi connectivity index (χ3n) is 3.79. The Bertz CT molecular complexity index is 605. The Hall–Kier alpha value is -1.75. The van der Waals surface area contributed by atoms with E-state index in [2.05, 4.69) is 4.98 Å². The van der Waals surface area contributed by atoms with Crippen LogP contribution in [0.15, 0.2) is 18.2 Å². The van der Waals surface area contributed by atoms with Crippen molar-refractivity contribution in [3.8, 4) is 5.75 Å². The molecule has 0 spiro atoms. The van der Waals surface area contributed by atoms with Crippen LogP contribution >= 0.6 is 0 Å². The maximum Gasteiger partial charge on any atom is 0.201 e. The van der Waals surface area contributed by atoms with Gasteiger partial charge < -0.3 is 19.8 Å². The first-order valence-electron chi connectivity index (χ1n) is 7.75. The molecule has 1 aromatic heterocycles. The van der Waals surface area contributed by atoms with E-state index >= 15 is 0 Å². The molecule has 2 N–H and O–H groups in total. The highest BCUT2D eigenvalue weighted by molar-refractivity contribution is 5.84. The summed E-state index contributed by atoms with van der Waals surface area (Å²) in [6.07, 6.45) is 3.61. The van der Waals surface area contributed by atoms with E-state index in [9.17, 15) is 0 Å². The Kier molecular flexibility index (Phi) is 4.29. The van der Waals surface area contributed by atoms with Gasteiger partial charge in [0.2, 0.25) is 5.95 Å². The molecule has 1 heterocycles. The number of ether oxygens (including phenoxy) is 2. The van der Waals surface area contributed by atoms with Gasteiger partial charge in [-0.05, 0) is 44.2 Å². The second kappa shape index (κ2) is 6.35. The van der Waals surface area contributed by atoms with Crippen molar-refractivity contribution in [2.24, 2.45) is 5.92 Å². The average Bonchev–Trinajstić information content (AvgIpc) is 3.24. The number of hydrogen-bond donors (Lipinski definition) is 1. The lowest BCUT2D eigenvalue weighted by atomic mass is 10.3. The maximum absolute atomic E-state index is 6.05. The molecule has 1 fully saturated rings. The van der Waals surface area contributed by atoms with Crippen LogP contribution < -0.4 is 10.5 Å². The van der Waals surface area contributed by atoms with Gasteiger partial charge in [0, 0.05) is 19.8 Å². The van der Waals surface area contributed by atoms with E-state index in [-0.39, 0.29) is 0 Å². The Balaban J connectivity index is 1.66. The predicted molar refractivity (Wildman–Crippen MR) is 83.5 cm³/mol. The molecule has 21 heavy (non-hydrogen) atoms. The van der Waals surface area contributed by atoms with Crippen LogP contribution in [0.25, 0.3) is 11.0 Å². The Morgan fingerprint density at radius 3 is 3.00 bits per heavy atom. The lowest BCUT2D eigenvalue weighted by Gasteiger charge is -2.08. The van der Waals surface area contributed by atoms with Gasteiger partial charge in [-0.3, -0.25) is 0 Å². The van der Waals surface area contributed by atoms with Crippen molar-refractivity contribution in [3.05, 3.63) is 18.2 Å². The largest absolute Gasteiger partial charge is 0.492 e. The molecule has 1 aromatic carbocycles. The zero-order valence-corrected chi connectivity index (χ0v) is 12.5. The van der Waals surface area contributed by atoms with Gasteiger partial charge in [-0.2, -0.15) is 0 Å². The molecule has 0 aliphatic heterocycles. The minimum absolute atomic E-state index is 0.541. The lowest BCUT2D eigenvalue weighted by molar-refractivity contribution is 0.119. The smallest absolute Gasteiger partial charge is 0.201 e. The molecule has 1 aliphatic carbocycles. The number of fused-ring (bicyclic) bond motifs is 1. The molecule has 0 unspecified atom stereocenters. The quantitative estimate of drug-likeness (QED) is 0.759. The number of rotatable bonds is 8. The minimum atomic E-state index is 0.541. The van der Waals surface area contributed by atoms with Crippen molar-refractivity contribution in [2.45, 2.75) is 32.7 Å². The zero-order valence-electron chi connectivity index (χ0n) is 12.5. The van der Waals surface area contributed by atoms with Crippen LogP contribution in [0, 0.1) is 5.92 Å². The summed E-state index contributed by atoms with van der Waals surface area (Å²) >= 11 is 0. The summed E-state index contributed by atoms with van der Waals surface area (Å²) in [6.45, 7) is 5.11. The van der Waals surface area contributed by atoms with Crippen molar-refractivity contribution < 1.29 is 9.47 Å². The van der Waals surface area contributed by atoms with E-state index in [1.54, 1.807) is 0 Å². The number of anilines is 1. The monoisotopic (exact) mass is 289 g/mol.